The van der Waals surface area contributed by atoms with Crippen molar-refractivity contribution in [2.75, 3.05) is 18.0 Å². The molecule has 1 aromatic carbocycles. The second-order valence-electron chi connectivity index (χ2n) is 5.40. The zero-order valence-electron chi connectivity index (χ0n) is 12.9. The molecule has 8 heteroatoms. The smallest absolute Gasteiger partial charge is 0.267 e. The fourth-order valence-electron chi connectivity index (χ4n) is 2.78. The van der Waals surface area contributed by atoms with Crippen LogP contribution in [0.15, 0.2) is 29.2 Å². The van der Waals surface area contributed by atoms with Gasteiger partial charge in [-0.05, 0) is 12.5 Å². The van der Waals surface area contributed by atoms with Gasteiger partial charge in [-0.25, -0.2) is 0 Å². The molecule has 0 spiro atoms. The summed E-state index contributed by atoms with van der Waals surface area (Å²) in [4.78, 5) is 39.9. The highest BCUT2D eigenvalue weighted by atomic mass is 32.2. The van der Waals surface area contributed by atoms with E-state index in [4.69, 9.17) is 18.0 Å². The summed E-state index contributed by atoms with van der Waals surface area (Å²) in [7, 11) is 0. The van der Waals surface area contributed by atoms with Crippen molar-refractivity contribution >= 4 is 57.3 Å². The lowest BCUT2D eigenvalue weighted by Gasteiger charge is -2.14. The molecule has 3 amide bonds. The number of thiocarbonyl (C=S) groups is 1. The van der Waals surface area contributed by atoms with Crippen LogP contribution in [0.5, 0.6) is 0 Å². The normalized spacial score (nSPS) is 20.1. The van der Waals surface area contributed by atoms with Gasteiger partial charge < -0.3 is 5.73 Å². The van der Waals surface area contributed by atoms with Gasteiger partial charge in [-0.1, -0.05) is 49.1 Å². The standard InChI is InChI=1S/C16H15N3O3S2/c1-2-7-18-15(22)13(24-16(18)23)12-9-5-3-4-6-10(9)19(14(12)21)8-11(17)20/h3-6H,2,7-8H2,1H3,(H2,17,20). The Hall–Kier alpha value is -2.19. The summed E-state index contributed by atoms with van der Waals surface area (Å²) in [5.41, 5.74) is 6.75. The summed E-state index contributed by atoms with van der Waals surface area (Å²) in [5, 5.41) is 0. The first kappa shape index (κ1) is 16.7. The quantitative estimate of drug-likeness (QED) is 0.649. The van der Waals surface area contributed by atoms with E-state index in [2.05, 4.69) is 0 Å². The maximum atomic E-state index is 12.8. The zero-order chi connectivity index (χ0) is 17.4. The summed E-state index contributed by atoms with van der Waals surface area (Å²) < 4.78 is 0.447. The van der Waals surface area contributed by atoms with Crippen LogP contribution in [-0.4, -0.2) is 40.0 Å². The van der Waals surface area contributed by atoms with Gasteiger partial charge in [0.1, 0.15) is 10.9 Å². The molecule has 0 unspecified atom stereocenters. The summed E-state index contributed by atoms with van der Waals surface area (Å²) in [6.07, 6.45) is 0.771. The molecule has 0 aromatic heterocycles. The van der Waals surface area contributed by atoms with E-state index in [-0.39, 0.29) is 12.5 Å². The molecule has 0 radical (unpaired) electrons. The maximum absolute atomic E-state index is 12.8. The van der Waals surface area contributed by atoms with Gasteiger partial charge in [-0.3, -0.25) is 24.2 Å². The van der Waals surface area contributed by atoms with Crippen LogP contribution < -0.4 is 10.6 Å². The Kier molecular flexibility index (Phi) is 4.42. The lowest BCUT2D eigenvalue weighted by molar-refractivity contribution is -0.122. The van der Waals surface area contributed by atoms with Gasteiger partial charge in [0.2, 0.25) is 5.91 Å². The number of anilines is 1. The Bertz CT molecular complexity index is 804. The summed E-state index contributed by atoms with van der Waals surface area (Å²) in [5.74, 6) is -1.27. The molecular formula is C16H15N3O3S2. The average Bonchev–Trinajstić information content (AvgIpc) is 2.96. The number of carbonyl (C=O) groups excluding carboxylic acids is 3. The fourth-order valence-corrected chi connectivity index (χ4v) is 4.16. The Labute approximate surface area is 148 Å². The minimum absolute atomic E-state index is 0.228. The molecule has 0 bridgehead atoms. The van der Waals surface area contributed by atoms with Gasteiger partial charge in [0.05, 0.1) is 16.2 Å². The van der Waals surface area contributed by atoms with Crippen molar-refractivity contribution in [3.8, 4) is 0 Å². The molecule has 0 atom stereocenters. The first-order chi connectivity index (χ1) is 11.5. The molecule has 2 aliphatic rings. The van der Waals surface area contributed by atoms with Gasteiger partial charge in [0.15, 0.2) is 0 Å². The van der Waals surface area contributed by atoms with Crippen LogP contribution in [0.2, 0.25) is 0 Å². The lowest BCUT2D eigenvalue weighted by Crippen LogP contribution is -2.36. The highest BCUT2D eigenvalue weighted by Crippen LogP contribution is 2.44. The number of fused-ring (bicyclic) bond motifs is 1. The summed E-state index contributed by atoms with van der Waals surface area (Å²) >= 11 is 6.40. The molecule has 6 nitrogen and oxygen atoms in total. The van der Waals surface area contributed by atoms with Crippen molar-refractivity contribution in [2.24, 2.45) is 5.73 Å². The van der Waals surface area contributed by atoms with E-state index < -0.39 is 11.8 Å². The first-order valence-corrected chi connectivity index (χ1v) is 8.65. The van der Waals surface area contributed by atoms with Gasteiger partial charge in [0.25, 0.3) is 11.8 Å². The molecule has 1 aromatic rings. The third-order valence-corrected chi connectivity index (χ3v) is 5.21. The second kappa shape index (κ2) is 6.37. The van der Waals surface area contributed by atoms with Crippen molar-refractivity contribution < 1.29 is 14.4 Å². The number of carbonyl (C=O) groups is 3. The van der Waals surface area contributed by atoms with Crippen LogP contribution in [0.25, 0.3) is 5.57 Å². The maximum Gasteiger partial charge on any atom is 0.267 e. The van der Waals surface area contributed by atoms with Crippen LogP contribution in [0.3, 0.4) is 0 Å². The molecule has 0 saturated carbocycles. The van der Waals surface area contributed by atoms with Gasteiger partial charge in [-0.2, -0.15) is 0 Å². The predicted octanol–water partition coefficient (Wildman–Crippen LogP) is 1.50. The van der Waals surface area contributed by atoms with E-state index in [1.54, 1.807) is 24.3 Å². The molecule has 1 fully saturated rings. The van der Waals surface area contributed by atoms with Crippen LogP contribution in [0.4, 0.5) is 5.69 Å². The molecule has 2 aliphatic heterocycles. The molecule has 0 aliphatic carbocycles. The molecule has 2 heterocycles. The highest BCUT2D eigenvalue weighted by Gasteiger charge is 2.41. The molecule has 3 rings (SSSR count). The first-order valence-electron chi connectivity index (χ1n) is 7.43. The van der Waals surface area contributed by atoms with E-state index in [0.29, 0.717) is 32.6 Å². The van der Waals surface area contributed by atoms with Gasteiger partial charge in [0, 0.05) is 12.1 Å². The van der Waals surface area contributed by atoms with Crippen LogP contribution in [0, 0.1) is 0 Å². The number of amides is 3. The zero-order valence-corrected chi connectivity index (χ0v) is 14.6. The summed E-state index contributed by atoms with van der Waals surface area (Å²) in [6.45, 7) is 2.24. The lowest BCUT2D eigenvalue weighted by atomic mass is 10.1. The number of thioether (sulfide) groups is 1. The number of primary amides is 1. The number of benzene rings is 1. The monoisotopic (exact) mass is 361 g/mol. The van der Waals surface area contributed by atoms with E-state index in [1.807, 2.05) is 6.92 Å². The number of rotatable bonds is 4. The minimum Gasteiger partial charge on any atom is -0.368 e. The Balaban J connectivity index is 2.12. The number of hydrogen-bond donors (Lipinski definition) is 1. The van der Waals surface area contributed by atoms with Crippen LogP contribution in [-0.2, 0) is 14.4 Å². The Morgan fingerprint density at radius 1 is 1.21 bits per heavy atom. The number of hydrogen-bond acceptors (Lipinski definition) is 5. The Morgan fingerprint density at radius 3 is 2.58 bits per heavy atom. The van der Waals surface area contributed by atoms with Crippen molar-refractivity contribution in [3.05, 3.63) is 34.7 Å². The van der Waals surface area contributed by atoms with E-state index >= 15 is 0 Å². The molecule has 1 saturated heterocycles. The molecule has 124 valence electrons. The van der Waals surface area contributed by atoms with E-state index in [0.717, 1.165) is 18.2 Å². The third kappa shape index (κ3) is 2.61. The molecule has 24 heavy (non-hydrogen) atoms. The van der Waals surface area contributed by atoms with Crippen molar-refractivity contribution in [2.45, 2.75) is 13.3 Å². The number of nitrogens with zero attached hydrogens (tertiary/aromatic N) is 2. The third-order valence-electron chi connectivity index (χ3n) is 3.76. The van der Waals surface area contributed by atoms with Gasteiger partial charge in [-0.15, -0.1) is 0 Å². The minimum atomic E-state index is -0.613. The van der Waals surface area contributed by atoms with Crippen LogP contribution >= 0.6 is 24.0 Å². The van der Waals surface area contributed by atoms with E-state index in [9.17, 15) is 14.4 Å². The van der Waals surface area contributed by atoms with Crippen molar-refractivity contribution in [1.82, 2.24) is 4.90 Å². The van der Waals surface area contributed by atoms with Crippen LogP contribution in [0.1, 0.15) is 18.9 Å². The largest absolute Gasteiger partial charge is 0.368 e. The summed E-state index contributed by atoms with van der Waals surface area (Å²) in [6, 6.07) is 7.05. The van der Waals surface area contributed by atoms with Crippen molar-refractivity contribution in [3.63, 3.8) is 0 Å². The van der Waals surface area contributed by atoms with Gasteiger partial charge >= 0.3 is 0 Å². The highest BCUT2D eigenvalue weighted by molar-refractivity contribution is 8.26. The van der Waals surface area contributed by atoms with Crippen molar-refractivity contribution in [1.29, 1.82) is 0 Å². The Morgan fingerprint density at radius 2 is 1.92 bits per heavy atom. The number of nitrogens with two attached hydrogens (primary N) is 1. The molecular weight excluding hydrogens is 346 g/mol. The topological polar surface area (TPSA) is 83.7 Å². The second-order valence-corrected chi connectivity index (χ2v) is 7.05. The van der Waals surface area contributed by atoms with E-state index in [1.165, 1.54) is 9.80 Å². The fraction of sp³-hybridized carbons (Fsp3) is 0.250. The average molecular weight is 361 g/mol. The predicted molar refractivity (Wildman–Crippen MR) is 97.1 cm³/mol. The molecule has 2 N–H and O–H groups in total. The number of para-hydroxylation sites is 1. The SMILES string of the molecule is CCCN1C(=O)C(=C2C(=O)N(CC(N)=O)c3ccccc32)SC1=S.